The molecule has 0 radical (unpaired) electrons. The summed E-state index contributed by atoms with van der Waals surface area (Å²) in [5.74, 6) is -1.05. The number of nitrogens with zero attached hydrogens (tertiary/aromatic N) is 2. The van der Waals surface area contributed by atoms with Crippen molar-refractivity contribution in [1.29, 1.82) is 0 Å². The first-order valence-electron chi connectivity index (χ1n) is 5.02. The van der Waals surface area contributed by atoms with Gasteiger partial charge in [-0.1, -0.05) is 5.10 Å². The van der Waals surface area contributed by atoms with Crippen molar-refractivity contribution in [2.75, 3.05) is 10.5 Å². The summed E-state index contributed by atoms with van der Waals surface area (Å²) in [4.78, 5) is 10.3. The fourth-order valence-electron chi connectivity index (χ4n) is 1.18. The highest BCUT2D eigenvalue weighted by atomic mass is 32.2. The first-order valence-corrected chi connectivity index (χ1v) is 6.67. The molecule has 0 aliphatic heterocycles. The van der Waals surface area contributed by atoms with Gasteiger partial charge < -0.3 is 9.52 Å². The molecule has 1 aromatic rings. The van der Waals surface area contributed by atoms with Crippen molar-refractivity contribution in [2.24, 2.45) is 0 Å². The fourth-order valence-corrected chi connectivity index (χ4v) is 2.07. The molecule has 1 aromatic heterocycles. The molecule has 94 valence electrons. The smallest absolute Gasteiger partial charge is 0.329 e. The van der Waals surface area contributed by atoms with Gasteiger partial charge in [0.1, 0.15) is 0 Å². The number of aliphatic carboxylic acids is 1. The molecule has 0 amide bonds. The van der Waals surface area contributed by atoms with Crippen molar-refractivity contribution in [1.82, 2.24) is 10.2 Å². The molecule has 0 saturated heterocycles. The number of nitrogens with one attached hydrogen (secondary N) is 1. The van der Waals surface area contributed by atoms with Crippen molar-refractivity contribution in [2.45, 2.75) is 25.2 Å². The van der Waals surface area contributed by atoms with E-state index in [1.165, 1.54) is 0 Å². The van der Waals surface area contributed by atoms with Crippen LogP contribution in [0.15, 0.2) is 4.42 Å². The van der Waals surface area contributed by atoms with E-state index in [9.17, 15) is 13.2 Å². The molecule has 0 bridgehead atoms. The molecule has 0 spiro atoms. The Morgan fingerprint density at radius 2 is 2.18 bits per heavy atom. The van der Waals surface area contributed by atoms with Crippen molar-refractivity contribution in [3.8, 4) is 0 Å². The van der Waals surface area contributed by atoms with Crippen molar-refractivity contribution in [3.05, 3.63) is 5.89 Å². The zero-order chi connectivity index (χ0) is 12.5. The molecule has 9 heteroatoms. The largest absolute Gasteiger partial charge is 0.481 e. The number of carboxylic acid groups (broad SMARTS) is 1. The number of rotatable bonds is 6. The maximum Gasteiger partial charge on any atom is 0.329 e. The van der Waals surface area contributed by atoms with Crippen molar-refractivity contribution >= 4 is 22.0 Å². The Balaban J connectivity index is 1.96. The first kappa shape index (κ1) is 11.8. The molecule has 1 aliphatic rings. The average molecular weight is 261 g/mol. The van der Waals surface area contributed by atoms with E-state index in [-0.39, 0.29) is 11.9 Å². The number of aromatic nitrogens is 2. The van der Waals surface area contributed by atoms with Crippen LogP contribution in [0.1, 0.15) is 31.1 Å². The van der Waals surface area contributed by atoms with E-state index in [2.05, 4.69) is 10.2 Å². The maximum atomic E-state index is 11.4. The zero-order valence-electron chi connectivity index (χ0n) is 8.79. The molecular formula is C8H11N3O5S. The maximum absolute atomic E-state index is 11.4. The standard InChI is InChI=1S/C8H11N3O5S/c12-6(13)3-4-17(14,15)11-8-10-9-7(16-8)5-1-2-5/h5H,1-4H2,(H,10,11)(H,12,13). The van der Waals surface area contributed by atoms with Crippen LogP contribution in [0.2, 0.25) is 0 Å². The Kier molecular flexibility index (Phi) is 3.01. The summed E-state index contributed by atoms with van der Waals surface area (Å²) in [5, 5.41) is 15.6. The van der Waals surface area contributed by atoms with Gasteiger partial charge in [-0.05, 0) is 12.8 Å². The molecule has 17 heavy (non-hydrogen) atoms. The summed E-state index contributed by atoms with van der Waals surface area (Å²) in [5.41, 5.74) is 0. The molecule has 1 saturated carbocycles. The second kappa shape index (κ2) is 4.32. The molecule has 1 aliphatic carbocycles. The van der Waals surface area contributed by atoms with Gasteiger partial charge in [-0.3, -0.25) is 4.79 Å². The highest BCUT2D eigenvalue weighted by Gasteiger charge is 2.30. The lowest BCUT2D eigenvalue weighted by Gasteiger charge is -2.01. The van der Waals surface area contributed by atoms with E-state index in [1.54, 1.807) is 0 Å². The molecule has 2 N–H and O–H groups in total. The number of carbonyl (C=O) groups is 1. The van der Waals surface area contributed by atoms with Crippen LogP contribution in [0, 0.1) is 0 Å². The SMILES string of the molecule is O=C(O)CCS(=O)(=O)Nc1nnc(C2CC2)o1. The molecular weight excluding hydrogens is 250 g/mol. The van der Waals surface area contributed by atoms with Crippen LogP contribution >= 0.6 is 0 Å². The minimum Gasteiger partial charge on any atom is -0.481 e. The third kappa shape index (κ3) is 3.41. The molecule has 8 nitrogen and oxygen atoms in total. The van der Waals surface area contributed by atoms with Crippen LogP contribution in [0.5, 0.6) is 0 Å². The van der Waals surface area contributed by atoms with E-state index in [4.69, 9.17) is 9.52 Å². The Morgan fingerprint density at radius 1 is 1.47 bits per heavy atom. The van der Waals surface area contributed by atoms with Gasteiger partial charge in [-0.2, -0.15) is 0 Å². The van der Waals surface area contributed by atoms with Gasteiger partial charge in [0.15, 0.2) is 0 Å². The van der Waals surface area contributed by atoms with Crippen LogP contribution in [0.4, 0.5) is 6.01 Å². The van der Waals surface area contributed by atoms with Crippen LogP contribution in [0.25, 0.3) is 0 Å². The fraction of sp³-hybridized carbons (Fsp3) is 0.625. The number of anilines is 1. The summed E-state index contributed by atoms with van der Waals surface area (Å²) < 4.78 is 29.9. The number of carboxylic acids is 1. The zero-order valence-corrected chi connectivity index (χ0v) is 9.61. The molecule has 0 aromatic carbocycles. The minimum absolute atomic E-state index is 0.211. The summed E-state index contributed by atoms with van der Waals surface area (Å²) >= 11 is 0. The van der Waals surface area contributed by atoms with Crippen LogP contribution in [-0.2, 0) is 14.8 Å². The first-order chi connectivity index (χ1) is 7.96. The van der Waals surface area contributed by atoms with E-state index >= 15 is 0 Å². The third-order valence-corrected chi connectivity index (χ3v) is 3.42. The van der Waals surface area contributed by atoms with Gasteiger partial charge in [-0.25, -0.2) is 13.1 Å². The van der Waals surface area contributed by atoms with Gasteiger partial charge >= 0.3 is 12.0 Å². The molecule has 1 heterocycles. The number of sulfonamides is 1. The van der Waals surface area contributed by atoms with Gasteiger partial charge in [-0.15, -0.1) is 5.10 Å². The molecule has 0 atom stereocenters. The normalized spacial score (nSPS) is 15.8. The van der Waals surface area contributed by atoms with Crippen LogP contribution in [0.3, 0.4) is 0 Å². The monoisotopic (exact) mass is 261 g/mol. The van der Waals surface area contributed by atoms with Gasteiger partial charge in [0, 0.05) is 5.92 Å². The lowest BCUT2D eigenvalue weighted by atomic mass is 10.4. The van der Waals surface area contributed by atoms with E-state index in [0.29, 0.717) is 5.89 Å². The molecule has 0 unspecified atom stereocenters. The predicted molar refractivity (Wildman–Crippen MR) is 55.9 cm³/mol. The minimum atomic E-state index is -3.75. The Hall–Kier alpha value is -1.64. The van der Waals surface area contributed by atoms with Gasteiger partial charge in [0.2, 0.25) is 15.9 Å². The topological polar surface area (TPSA) is 122 Å². The van der Waals surface area contributed by atoms with Crippen LogP contribution < -0.4 is 4.72 Å². The third-order valence-electron chi connectivity index (χ3n) is 2.19. The Bertz CT molecular complexity index is 519. The summed E-state index contributed by atoms with van der Waals surface area (Å²) in [7, 11) is -3.75. The number of hydrogen-bond acceptors (Lipinski definition) is 6. The van der Waals surface area contributed by atoms with Crippen LogP contribution in [-0.4, -0.2) is 35.4 Å². The van der Waals surface area contributed by atoms with E-state index in [1.807, 2.05) is 4.72 Å². The quantitative estimate of drug-likeness (QED) is 0.747. The Labute approximate surface area is 97.1 Å². The van der Waals surface area contributed by atoms with Gasteiger partial charge in [0.25, 0.3) is 0 Å². The van der Waals surface area contributed by atoms with Crippen molar-refractivity contribution < 1.29 is 22.7 Å². The summed E-state index contributed by atoms with van der Waals surface area (Å²) in [6.45, 7) is 0. The predicted octanol–water partition coefficient (Wildman–Crippen LogP) is 0.163. The summed E-state index contributed by atoms with van der Waals surface area (Å²) in [6, 6.07) is -0.211. The molecule has 2 rings (SSSR count). The van der Waals surface area contributed by atoms with E-state index in [0.717, 1.165) is 12.8 Å². The second-order valence-corrected chi connectivity index (χ2v) is 5.63. The lowest BCUT2D eigenvalue weighted by Crippen LogP contribution is -2.19. The lowest BCUT2D eigenvalue weighted by molar-refractivity contribution is -0.136. The van der Waals surface area contributed by atoms with Gasteiger partial charge in [0.05, 0.1) is 12.2 Å². The number of hydrogen-bond donors (Lipinski definition) is 2. The second-order valence-electron chi connectivity index (χ2n) is 3.78. The summed E-state index contributed by atoms with van der Waals surface area (Å²) in [6.07, 6.45) is 1.46. The van der Waals surface area contributed by atoms with E-state index < -0.39 is 28.2 Å². The van der Waals surface area contributed by atoms with Crippen molar-refractivity contribution in [3.63, 3.8) is 0 Å². The highest BCUT2D eigenvalue weighted by molar-refractivity contribution is 7.92. The highest BCUT2D eigenvalue weighted by Crippen LogP contribution is 2.39. The molecule has 1 fully saturated rings. The Morgan fingerprint density at radius 3 is 2.76 bits per heavy atom. The average Bonchev–Trinajstić information content (AvgIpc) is 2.98.